The highest BCUT2D eigenvalue weighted by Crippen LogP contribution is 2.28. The molecule has 0 bridgehead atoms. The fraction of sp³-hybridized carbons (Fsp3) is 0.481. The minimum atomic E-state index is -0.356. The average molecular weight is 450 g/mol. The van der Waals surface area contributed by atoms with Crippen molar-refractivity contribution in [3.05, 3.63) is 60.2 Å². The lowest BCUT2D eigenvalue weighted by Crippen LogP contribution is -2.52. The van der Waals surface area contributed by atoms with E-state index >= 15 is 0 Å². The molecule has 6 nitrogen and oxygen atoms in total. The molecule has 2 amide bonds. The molecule has 2 fully saturated rings. The summed E-state index contributed by atoms with van der Waals surface area (Å²) in [5, 5.41) is 0. The SMILES string of the molecule is CCCCCCOc1ccc(N2C(=O)C[C@@H](N3CCN(Cc4ccccc4)CC3)C2=O)cc1. The zero-order valence-electron chi connectivity index (χ0n) is 19.6. The topological polar surface area (TPSA) is 53.1 Å². The van der Waals surface area contributed by atoms with Gasteiger partial charge in [0.25, 0.3) is 5.91 Å². The molecule has 0 spiro atoms. The Morgan fingerprint density at radius 2 is 1.61 bits per heavy atom. The lowest BCUT2D eigenvalue weighted by molar-refractivity contribution is -0.123. The van der Waals surface area contributed by atoms with E-state index in [0.717, 1.165) is 44.9 Å². The molecule has 0 aromatic heterocycles. The summed E-state index contributed by atoms with van der Waals surface area (Å²) in [6, 6.07) is 17.4. The van der Waals surface area contributed by atoms with Gasteiger partial charge in [-0.25, -0.2) is 4.90 Å². The van der Waals surface area contributed by atoms with Crippen molar-refractivity contribution in [1.29, 1.82) is 0 Å². The molecule has 2 aromatic carbocycles. The van der Waals surface area contributed by atoms with Crippen molar-refractivity contribution in [2.24, 2.45) is 0 Å². The van der Waals surface area contributed by atoms with Gasteiger partial charge in [-0.2, -0.15) is 0 Å². The second-order valence-electron chi connectivity index (χ2n) is 8.99. The maximum atomic E-state index is 13.2. The molecule has 0 radical (unpaired) electrons. The van der Waals surface area contributed by atoms with Gasteiger partial charge in [0.05, 0.1) is 24.8 Å². The minimum absolute atomic E-state index is 0.107. The number of imide groups is 1. The second-order valence-corrected chi connectivity index (χ2v) is 8.99. The number of carbonyl (C=O) groups excluding carboxylic acids is 2. The first-order chi connectivity index (χ1) is 16.2. The Labute approximate surface area is 197 Å². The van der Waals surface area contributed by atoms with Gasteiger partial charge in [-0.15, -0.1) is 0 Å². The van der Waals surface area contributed by atoms with E-state index in [1.54, 1.807) is 0 Å². The monoisotopic (exact) mass is 449 g/mol. The van der Waals surface area contributed by atoms with Crippen LogP contribution in [0.2, 0.25) is 0 Å². The van der Waals surface area contributed by atoms with Gasteiger partial charge in [-0.1, -0.05) is 56.5 Å². The van der Waals surface area contributed by atoms with Crippen molar-refractivity contribution in [1.82, 2.24) is 9.80 Å². The molecule has 33 heavy (non-hydrogen) atoms. The standard InChI is InChI=1S/C27H35N3O3/c1-2-3-4-8-19-33-24-13-11-23(12-14-24)30-26(31)20-25(27(30)32)29-17-15-28(16-18-29)21-22-9-6-5-7-10-22/h5-7,9-14,25H,2-4,8,15-21H2,1H3/t25-/m1/s1. The lowest BCUT2D eigenvalue weighted by Gasteiger charge is -2.37. The van der Waals surface area contributed by atoms with Crippen LogP contribution in [0.4, 0.5) is 5.69 Å². The number of anilines is 1. The third-order valence-corrected chi connectivity index (χ3v) is 6.58. The van der Waals surface area contributed by atoms with Gasteiger partial charge < -0.3 is 4.74 Å². The number of benzene rings is 2. The summed E-state index contributed by atoms with van der Waals surface area (Å²) < 4.78 is 5.79. The normalized spacial score (nSPS) is 19.9. The fourth-order valence-electron chi connectivity index (χ4n) is 4.66. The fourth-order valence-corrected chi connectivity index (χ4v) is 4.66. The van der Waals surface area contributed by atoms with Crippen LogP contribution in [0.1, 0.15) is 44.6 Å². The minimum Gasteiger partial charge on any atom is -0.494 e. The van der Waals surface area contributed by atoms with Crippen molar-refractivity contribution in [3.63, 3.8) is 0 Å². The number of piperazine rings is 1. The predicted molar refractivity (Wildman–Crippen MR) is 130 cm³/mol. The molecule has 0 aliphatic carbocycles. The van der Waals surface area contributed by atoms with E-state index in [9.17, 15) is 9.59 Å². The Kier molecular flexibility index (Phi) is 8.13. The van der Waals surface area contributed by atoms with E-state index < -0.39 is 0 Å². The summed E-state index contributed by atoms with van der Waals surface area (Å²) in [5.41, 5.74) is 1.94. The van der Waals surface area contributed by atoms with Crippen LogP contribution >= 0.6 is 0 Å². The van der Waals surface area contributed by atoms with Crippen LogP contribution in [0.3, 0.4) is 0 Å². The van der Waals surface area contributed by atoms with Crippen molar-refractivity contribution in [3.8, 4) is 5.75 Å². The van der Waals surface area contributed by atoms with E-state index in [2.05, 4.69) is 41.0 Å². The predicted octanol–water partition coefficient (Wildman–Crippen LogP) is 4.10. The maximum Gasteiger partial charge on any atom is 0.251 e. The third-order valence-electron chi connectivity index (χ3n) is 6.58. The number of nitrogens with zero attached hydrogens (tertiary/aromatic N) is 3. The van der Waals surface area contributed by atoms with Crippen LogP contribution in [0.15, 0.2) is 54.6 Å². The van der Waals surface area contributed by atoms with Crippen LogP contribution in [-0.4, -0.2) is 60.4 Å². The van der Waals surface area contributed by atoms with Crippen molar-refractivity contribution in [2.75, 3.05) is 37.7 Å². The molecule has 2 saturated heterocycles. The molecule has 0 unspecified atom stereocenters. The summed E-state index contributed by atoms with van der Waals surface area (Å²) in [4.78, 5) is 31.8. The molecule has 2 aliphatic rings. The van der Waals surface area contributed by atoms with Crippen LogP contribution in [0.5, 0.6) is 5.75 Å². The van der Waals surface area contributed by atoms with Crippen LogP contribution in [0.25, 0.3) is 0 Å². The molecular weight excluding hydrogens is 414 g/mol. The molecule has 4 rings (SSSR count). The Balaban J connectivity index is 1.29. The smallest absolute Gasteiger partial charge is 0.251 e. The first-order valence-corrected chi connectivity index (χ1v) is 12.3. The van der Waals surface area contributed by atoms with E-state index in [1.807, 2.05) is 30.3 Å². The van der Waals surface area contributed by atoms with E-state index in [-0.39, 0.29) is 24.3 Å². The summed E-state index contributed by atoms with van der Waals surface area (Å²) in [6.07, 6.45) is 4.90. The Bertz CT molecular complexity index is 908. The molecule has 1 atom stereocenters. The largest absolute Gasteiger partial charge is 0.494 e. The first-order valence-electron chi connectivity index (χ1n) is 12.3. The summed E-state index contributed by atoms with van der Waals surface area (Å²) >= 11 is 0. The number of amides is 2. The summed E-state index contributed by atoms with van der Waals surface area (Å²) in [7, 11) is 0. The van der Waals surface area contributed by atoms with Gasteiger partial charge >= 0.3 is 0 Å². The highest BCUT2D eigenvalue weighted by atomic mass is 16.5. The van der Waals surface area contributed by atoms with Gasteiger partial charge in [-0.05, 0) is 36.2 Å². The summed E-state index contributed by atoms with van der Waals surface area (Å²) in [5.74, 6) is 0.551. The molecule has 0 saturated carbocycles. The number of hydrogen-bond donors (Lipinski definition) is 0. The Hall–Kier alpha value is -2.70. The Morgan fingerprint density at radius 1 is 0.879 bits per heavy atom. The van der Waals surface area contributed by atoms with Gasteiger partial charge in [0.1, 0.15) is 5.75 Å². The van der Waals surface area contributed by atoms with Gasteiger partial charge in [0.15, 0.2) is 0 Å². The molecule has 2 heterocycles. The van der Waals surface area contributed by atoms with Gasteiger partial charge in [-0.3, -0.25) is 19.4 Å². The Morgan fingerprint density at radius 3 is 2.30 bits per heavy atom. The van der Waals surface area contributed by atoms with Crippen molar-refractivity contribution in [2.45, 2.75) is 51.6 Å². The summed E-state index contributed by atoms with van der Waals surface area (Å²) in [6.45, 7) is 7.21. The third kappa shape index (κ3) is 6.01. The number of rotatable bonds is 10. The zero-order chi connectivity index (χ0) is 23.0. The number of ether oxygens (including phenoxy) is 1. The number of carbonyl (C=O) groups is 2. The average Bonchev–Trinajstić information content (AvgIpc) is 3.14. The first kappa shape index (κ1) is 23.5. The molecule has 6 heteroatoms. The van der Waals surface area contributed by atoms with Gasteiger partial charge in [0, 0.05) is 32.7 Å². The number of unbranched alkanes of at least 4 members (excludes halogenated alkanes) is 3. The van der Waals surface area contributed by atoms with Crippen molar-refractivity contribution >= 4 is 17.5 Å². The molecular formula is C27H35N3O3. The van der Waals surface area contributed by atoms with Crippen LogP contribution in [0, 0.1) is 0 Å². The molecule has 2 aromatic rings. The maximum absolute atomic E-state index is 13.2. The highest BCUT2D eigenvalue weighted by Gasteiger charge is 2.43. The lowest BCUT2D eigenvalue weighted by atomic mass is 10.1. The van der Waals surface area contributed by atoms with E-state index in [0.29, 0.717) is 12.3 Å². The molecule has 2 aliphatic heterocycles. The number of hydrogen-bond acceptors (Lipinski definition) is 5. The highest BCUT2D eigenvalue weighted by molar-refractivity contribution is 6.22. The van der Waals surface area contributed by atoms with E-state index in [4.69, 9.17) is 4.74 Å². The van der Waals surface area contributed by atoms with E-state index in [1.165, 1.54) is 29.7 Å². The van der Waals surface area contributed by atoms with Crippen molar-refractivity contribution < 1.29 is 14.3 Å². The van der Waals surface area contributed by atoms with Crippen LogP contribution in [-0.2, 0) is 16.1 Å². The zero-order valence-corrected chi connectivity index (χ0v) is 19.6. The van der Waals surface area contributed by atoms with Gasteiger partial charge in [0.2, 0.25) is 5.91 Å². The second kappa shape index (κ2) is 11.4. The molecule has 176 valence electrons. The molecule has 0 N–H and O–H groups in total. The van der Waals surface area contributed by atoms with Crippen LogP contribution < -0.4 is 9.64 Å². The quantitative estimate of drug-likeness (QED) is 0.404.